The zero-order valence-corrected chi connectivity index (χ0v) is 14.2. The van der Waals surface area contributed by atoms with Crippen molar-refractivity contribution in [1.29, 1.82) is 0 Å². The van der Waals surface area contributed by atoms with Crippen molar-refractivity contribution in [2.75, 3.05) is 17.2 Å². The summed E-state index contributed by atoms with van der Waals surface area (Å²) in [5.74, 6) is 0.731. The molecule has 25 heavy (non-hydrogen) atoms. The average Bonchev–Trinajstić information content (AvgIpc) is 2.62. The van der Waals surface area contributed by atoms with Gasteiger partial charge < -0.3 is 20.1 Å². The lowest BCUT2D eigenvalue weighted by Crippen LogP contribution is -2.30. The minimum atomic E-state index is -0.658. The number of benzene rings is 2. The summed E-state index contributed by atoms with van der Waals surface area (Å²) in [5, 5.41) is 5.49. The number of amides is 2. The molecule has 0 fully saturated rings. The maximum absolute atomic E-state index is 12.3. The van der Waals surface area contributed by atoms with Gasteiger partial charge in [-0.3, -0.25) is 9.59 Å². The monoisotopic (exact) mass is 340 g/mol. The van der Waals surface area contributed by atoms with E-state index in [2.05, 4.69) is 17.6 Å². The molecule has 0 aromatic heterocycles. The lowest BCUT2D eigenvalue weighted by atomic mass is 10.2. The summed E-state index contributed by atoms with van der Waals surface area (Å²) >= 11 is 0. The molecular formula is C19H20N2O4. The quantitative estimate of drug-likeness (QED) is 0.877. The Balaban J connectivity index is 1.63. The van der Waals surface area contributed by atoms with E-state index in [4.69, 9.17) is 9.47 Å². The summed E-state index contributed by atoms with van der Waals surface area (Å²) in [6.45, 7) is 3.77. The number of carbonyl (C=O) groups is 2. The molecule has 0 spiro atoms. The van der Waals surface area contributed by atoms with Crippen molar-refractivity contribution in [2.45, 2.75) is 26.4 Å². The third kappa shape index (κ3) is 4.09. The molecule has 2 aromatic rings. The highest BCUT2D eigenvalue weighted by Gasteiger charge is 2.18. The Morgan fingerprint density at radius 3 is 2.76 bits per heavy atom. The second kappa shape index (κ2) is 7.25. The maximum atomic E-state index is 12.3. The molecule has 1 aliphatic heterocycles. The highest BCUT2D eigenvalue weighted by atomic mass is 16.5. The Morgan fingerprint density at radius 2 is 2.04 bits per heavy atom. The summed E-state index contributed by atoms with van der Waals surface area (Å²) in [6, 6.07) is 12.8. The van der Waals surface area contributed by atoms with Gasteiger partial charge in [0.15, 0.2) is 12.7 Å². The molecule has 1 aliphatic rings. The van der Waals surface area contributed by atoms with Crippen molar-refractivity contribution in [3.8, 4) is 11.5 Å². The average molecular weight is 340 g/mol. The molecule has 2 amide bonds. The van der Waals surface area contributed by atoms with Crippen LogP contribution < -0.4 is 20.1 Å². The smallest absolute Gasteiger partial charge is 0.265 e. The minimum absolute atomic E-state index is 0.000398. The zero-order valence-electron chi connectivity index (χ0n) is 14.2. The van der Waals surface area contributed by atoms with Gasteiger partial charge in [0.05, 0.1) is 5.69 Å². The van der Waals surface area contributed by atoms with Crippen molar-refractivity contribution in [3.63, 3.8) is 0 Å². The molecule has 6 heteroatoms. The van der Waals surface area contributed by atoms with E-state index in [1.165, 1.54) is 5.56 Å². The van der Waals surface area contributed by atoms with Crippen LogP contribution in [0.2, 0.25) is 0 Å². The first-order valence-corrected chi connectivity index (χ1v) is 8.18. The second-order valence-corrected chi connectivity index (χ2v) is 5.79. The number of ether oxygens (including phenoxy) is 2. The van der Waals surface area contributed by atoms with E-state index in [-0.39, 0.29) is 18.4 Å². The van der Waals surface area contributed by atoms with Crippen LogP contribution in [-0.4, -0.2) is 24.5 Å². The first-order chi connectivity index (χ1) is 12.0. The predicted octanol–water partition coefficient (Wildman–Crippen LogP) is 2.99. The van der Waals surface area contributed by atoms with Crippen LogP contribution in [0.3, 0.4) is 0 Å². The normalized spacial score (nSPS) is 13.9. The van der Waals surface area contributed by atoms with E-state index >= 15 is 0 Å². The number of fused-ring (bicyclic) bond motifs is 1. The number of hydrogen-bond acceptors (Lipinski definition) is 4. The topological polar surface area (TPSA) is 76.7 Å². The van der Waals surface area contributed by atoms with Gasteiger partial charge in [-0.1, -0.05) is 19.1 Å². The second-order valence-electron chi connectivity index (χ2n) is 5.79. The standard InChI is InChI=1S/C19H20N2O4/c1-3-13-4-7-15(8-5-13)25-12(2)19(23)20-14-6-9-17-16(10-14)21-18(22)11-24-17/h4-10,12H,3,11H2,1-2H3,(H,20,23)(H,21,22). The number of nitrogens with one attached hydrogen (secondary N) is 2. The third-order valence-corrected chi connectivity index (χ3v) is 3.89. The summed E-state index contributed by atoms with van der Waals surface area (Å²) in [6.07, 6.45) is 0.295. The first kappa shape index (κ1) is 16.8. The van der Waals surface area contributed by atoms with Crippen LogP contribution in [0.25, 0.3) is 0 Å². The Bertz CT molecular complexity index is 787. The van der Waals surface area contributed by atoms with Crippen LogP contribution in [0.1, 0.15) is 19.4 Å². The van der Waals surface area contributed by atoms with Crippen LogP contribution in [0.4, 0.5) is 11.4 Å². The number of rotatable bonds is 5. The number of aryl methyl sites for hydroxylation is 1. The molecule has 0 aliphatic carbocycles. The number of anilines is 2. The van der Waals surface area contributed by atoms with E-state index in [1.54, 1.807) is 25.1 Å². The Hall–Kier alpha value is -3.02. The van der Waals surface area contributed by atoms with Crippen LogP contribution in [0.15, 0.2) is 42.5 Å². The molecule has 130 valence electrons. The van der Waals surface area contributed by atoms with E-state index < -0.39 is 6.10 Å². The van der Waals surface area contributed by atoms with Gasteiger partial charge in [-0.05, 0) is 49.2 Å². The predicted molar refractivity (Wildman–Crippen MR) is 95.1 cm³/mol. The largest absolute Gasteiger partial charge is 0.482 e. The van der Waals surface area contributed by atoms with Gasteiger partial charge in [0.25, 0.3) is 11.8 Å². The molecule has 2 aromatic carbocycles. The molecule has 0 radical (unpaired) electrons. The van der Waals surface area contributed by atoms with Crippen molar-refractivity contribution in [1.82, 2.24) is 0 Å². The van der Waals surface area contributed by atoms with Gasteiger partial charge in [0.1, 0.15) is 11.5 Å². The van der Waals surface area contributed by atoms with Gasteiger partial charge in [-0.25, -0.2) is 0 Å². The molecule has 1 heterocycles. The summed E-state index contributed by atoms with van der Waals surface area (Å²) < 4.78 is 11.0. The molecule has 1 unspecified atom stereocenters. The van der Waals surface area contributed by atoms with Gasteiger partial charge in [0.2, 0.25) is 0 Å². The maximum Gasteiger partial charge on any atom is 0.265 e. The van der Waals surface area contributed by atoms with E-state index in [1.807, 2.05) is 24.3 Å². The van der Waals surface area contributed by atoms with Gasteiger partial charge in [0, 0.05) is 5.69 Å². The van der Waals surface area contributed by atoms with Crippen molar-refractivity contribution >= 4 is 23.2 Å². The molecular weight excluding hydrogens is 320 g/mol. The van der Waals surface area contributed by atoms with Gasteiger partial charge in [-0.15, -0.1) is 0 Å². The van der Waals surface area contributed by atoms with Gasteiger partial charge in [-0.2, -0.15) is 0 Å². The van der Waals surface area contributed by atoms with E-state index in [9.17, 15) is 9.59 Å². The number of carbonyl (C=O) groups excluding carboxylic acids is 2. The van der Waals surface area contributed by atoms with Crippen LogP contribution in [0, 0.1) is 0 Å². The fourth-order valence-corrected chi connectivity index (χ4v) is 2.47. The Labute approximate surface area is 146 Å². The van der Waals surface area contributed by atoms with Gasteiger partial charge >= 0.3 is 0 Å². The molecule has 3 rings (SSSR count). The molecule has 0 saturated carbocycles. The fourth-order valence-electron chi connectivity index (χ4n) is 2.47. The summed E-state index contributed by atoms with van der Waals surface area (Å²) in [4.78, 5) is 23.7. The Morgan fingerprint density at radius 1 is 1.28 bits per heavy atom. The van der Waals surface area contributed by atoms with E-state index in [0.29, 0.717) is 22.9 Å². The van der Waals surface area contributed by atoms with Crippen LogP contribution in [0.5, 0.6) is 11.5 Å². The minimum Gasteiger partial charge on any atom is -0.482 e. The molecule has 2 N–H and O–H groups in total. The van der Waals surface area contributed by atoms with Crippen molar-refractivity contribution < 1.29 is 19.1 Å². The highest BCUT2D eigenvalue weighted by molar-refractivity contribution is 5.98. The van der Waals surface area contributed by atoms with Crippen LogP contribution in [-0.2, 0) is 16.0 Å². The van der Waals surface area contributed by atoms with E-state index in [0.717, 1.165) is 6.42 Å². The summed E-state index contributed by atoms with van der Waals surface area (Å²) in [7, 11) is 0. The summed E-state index contributed by atoms with van der Waals surface area (Å²) in [5.41, 5.74) is 2.31. The molecule has 0 bridgehead atoms. The van der Waals surface area contributed by atoms with Crippen molar-refractivity contribution in [3.05, 3.63) is 48.0 Å². The molecule has 6 nitrogen and oxygen atoms in total. The number of hydrogen-bond donors (Lipinski definition) is 2. The molecule has 0 saturated heterocycles. The highest BCUT2D eigenvalue weighted by Crippen LogP contribution is 2.30. The zero-order chi connectivity index (χ0) is 17.8. The third-order valence-electron chi connectivity index (χ3n) is 3.89. The first-order valence-electron chi connectivity index (χ1n) is 8.18. The lowest BCUT2D eigenvalue weighted by Gasteiger charge is -2.19. The van der Waals surface area contributed by atoms with Crippen molar-refractivity contribution in [2.24, 2.45) is 0 Å². The SMILES string of the molecule is CCc1ccc(OC(C)C(=O)Nc2ccc3c(c2)NC(=O)CO3)cc1. The fraction of sp³-hybridized carbons (Fsp3) is 0.263. The lowest BCUT2D eigenvalue weighted by molar-refractivity contribution is -0.122. The van der Waals surface area contributed by atoms with Crippen LogP contribution >= 0.6 is 0 Å². The molecule has 1 atom stereocenters. The Kier molecular flexibility index (Phi) is 4.88.